The molecule has 0 amide bonds. The molecule has 41 heavy (non-hydrogen) atoms. The van der Waals surface area contributed by atoms with Crippen LogP contribution in [0.2, 0.25) is 0 Å². The number of hydrogen-bond donors (Lipinski definition) is 9. The Kier molecular flexibility index (Phi) is 8.11. The van der Waals surface area contributed by atoms with Gasteiger partial charge < -0.3 is 37.4 Å². The minimum Gasteiger partial charge on any atom is -0.476 e. The van der Waals surface area contributed by atoms with Gasteiger partial charge in [0.1, 0.15) is 16.7 Å². The van der Waals surface area contributed by atoms with E-state index in [9.17, 15) is 28.8 Å². The van der Waals surface area contributed by atoms with Gasteiger partial charge in [0, 0.05) is 11.9 Å². The molecule has 5 aromatic heterocycles. The van der Waals surface area contributed by atoms with Crippen molar-refractivity contribution in [2.45, 2.75) is 13.8 Å². The molecule has 21 heteroatoms. The van der Waals surface area contributed by atoms with Crippen LogP contribution in [0.15, 0.2) is 25.4 Å². The number of hydrogen-bond acceptors (Lipinski definition) is 15. The van der Waals surface area contributed by atoms with E-state index in [1.807, 2.05) is 4.98 Å². The minimum atomic E-state index is -1.42. The molecular weight excluding hydrogens is 550 g/mol. The third kappa shape index (κ3) is 6.67. The third-order valence-corrected chi connectivity index (χ3v) is 4.77. The molecule has 0 saturated carbocycles. The van der Waals surface area contributed by atoms with Crippen LogP contribution in [0, 0.1) is 13.8 Å². The molecule has 5 heterocycles. The number of nitrogens with zero attached hydrogens (tertiary/aromatic N) is 6. The van der Waals surface area contributed by atoms with Crippen LogP contribution >= 0.6 is 0 Å². The van der Waals surface area contributed by atoms with Crippen molar-refractivity contribution in [3.05, 3.63) is 70.8 Å². The minimum absolute atomic E-state index is 0.00889. The van der Waals surface area contributed by atoms with E-state index in [1.54, 1.807) is 13.8 Å². The lowest BCUT2D eigenvalue weighted by molar-refractivity contribution is 0.0673. The zero-order valence-corrected chi connectivity index (χ0v) is 20.8. The average Bonchev–Trinajstić information content (AvgIpc) is 2.87. The number of nitrogens with two attached hydrogens (primary N) is 3. The van der Waals surface area contributed by atoms with E-state index in [1.165, 1.54) is 0 Å². The van der Waals surface area contributed by atoms with Gasteiger partial charge in [0.15, 0.2) is 34.3 Å². The molecule has 0 aliphatic heterocycles. The molecule has 5 rings (SSSR count). The number of aryl methyl sites for hydroxylation is 2. The van der Waals surface area contributed by atoms with Gasteiger partial charge in [0.05, 0.1) is 5.69 Å². The average molecular weight is 569 g/mol. The molecule has 0 fully saturated rings. The van der Waals surface area contributed by atoms with Gasteiger partial charge in [-0.15, -0.1) is 0 Å². The number of nitrogens with one attached hydrogen (secondary N) is 4. The van der Waals surface area contributed by atoms with Gasteiger partial charge in [0.2, 0.25) is 0 Å². The van der Waals surface area contributed by atoms with E-state index in [-0.39, 0.29) is 11.3 Å². The van der Waals surface area contributed by atoms with E-state index in [0.717, 1.165) is 6.20 Å². The maximum Gasteiger partial charge on any atom is 0.358 e. The lowest BCUT2D eigenvalue weighted by atomic mass is 10.3. The molecule has 5 aromatic rings. The van der Waals surface area contributed by atoms with E-state index in [0.29, 0.717) is 28.1 Å². The summed E-state index contributed by atoms with van der Waals surface area (Å²) in [6, 6.07) is 0. The lowest BCUT2D eigenvalue weighted by Gasteiger charge is -2.03. The first kappa shape index (κ1) is 29.0. The Bertz CT molecular complexity index is 1950. The number of carbonyl (C=O) groups is 2. The van der Waals surface area contributed by atoms with Gasteiger partial charge in [-0.3, -0.25) is 14.8 Å². The smallest absolute Gasteiger partial charge is 0.358 e. The fourth-order valence-electron chi connectivity index (χ4n) is 2.97. The molecule has 0 aliphatic carbocycles. The summed E-state index contributed by atoms with van der Waals surface area (Å²) in [4.78, 5) is 95.9. The Hall–Kier alpha value is -6.54. The first-order chi connectivity index (χ1) is 19.2. The summed E-state index contributed by atoms with van der Waals surface area (Å²) in [6.07, 6.45) is 1.15. The highest BCUT2D eigenvalue weighted by Crippen LogP contribution is 2.14. The largest absolute Gasteiger partial charge is 0.476 e. The van der Waals surface area contributed by atoms with Crippen molar-refractivity contribution in [1.82, 2.24) is 49.8 Å². The normalized spacial score (nSPS) is 10.3. The summed E-state index contributed by atoms with van der Waals surface area (Å²) in [5, 5.41) is 17.1. The number of rotatable bonds is 2. The van der Waals surface area contributed by atoms with Gasteiger partial charge in [-0.2, -0.15) is 9.97 Å². The molecule has 0 aliphatic rings. The van der Waals surface area contributed by atoms with E-state index < -0.39 is 57.6 Å². The van der Waals surface area contributed by atoms with Crippen molar-refractivity contribution in [3.63, 3.8) is 0 Å². The maximum absolute atomic E-state index is 11.3. The maximum atomic E-state index is 11.3. The van der Waals surface area contributed by atoms with E-state index in [2.05, 4.69) is 44.9 Å². The summed E-state index contributed by atoms with van der Waals surface area (Å²) in [5.41, 5.74) is 14.6. The molecule has 0 spiro atoms. The summed E-state index contributed by atoms with van der Waals surface area (Å²) in [6.45, 7) is 3.34. The molecule has 0 bridgehead atoms. The van der Waals surface area contributed by atoms with Crippen LogP contribution in [0.25, 0.3) is 22.3 Å². The third-order valence-electron chi connectivity index (χ3n) is 4.77. The van der Waals surface area contributed by atoms with Crippen LogP contribution in [0.5, 0.6) is 0 Å². The van der Waals surface area contributed by atoms with Crippen LogP contribution in [0.1, 0.15) is 32.4 Å². The van der Waals surface area contributed by atoms with Gasteiger partial charge in [-0.25, -0.2) is 43.9 Å². The van der Waals surface area contributed by atoms with Crippen molar-refractivity contribution < 1.29 is 19.8 Å². The predicted octanol–water partition coefficient (Wildman–Crippen LogP) is -2.75. The van der Waals surface area contributed by atoms with E-state index >= 15 is 0 Å². The van der Waals surface area contributed by atoms with Gasteiger partial charge in [-0.1, -0.05) is 0 Å². The quantitative estimate of drug-likeness (QED) is 0.0972. The molecule has 21 nitrogen and oxygen atoms in total. The highest BCUT2D eigenvalue weighted by Gasteiger charge is 2.18. The summed E-state index contributed by atoms with van der Waals surface area (Å²) in [5.74, 6) is -3.80. The number of H-pyrrole nitrogens is 4. The van der Waals surface area contributed by atoms with E-state index in [4.69, 9.17) is 27.4 Å². The Morgan fingerprint density at radius 2 is 1.29 bits per heavy atom. The van der Waals surface area contributed by atoms with Crippen molar-refractivity contribution in [2.24, 2.45) is 0 Å². The van der Waals surface area contributed by atoms with Crippen LogP contribution in [-0.4, -0.2) is 72.0 Å². The monoisotopic (exact) mass is 569 g/mol. The Labute approximate surface area is 223 Å². The molecule has 0 aromatic carbocycles. The highest BCUT2D eigenvalue weighted by molar-refractivity contribution is 5.95. The number of aromatic nitrogens is 10. The first-order valence-electron chi connectivity index (χ1n) is 10.8. The van der Waals surface area contributed by atoms with Crippen LogP contribution < -0.4 is 39.8 Å². The zero-order valence-electron chi connectivity index (χ0n) is 20.8. The molecule has 0 saturated heterocycles. The fourth-order valence-corrected chi connectivity index (χ4v) is 2.97. The van der Waals surface area contributed by atoms with Gasteiger partial charge >= 0.3 is 29.0 Å². The fraction of sp³-hybridized carbons (Fsp3) is 0.100. The van der Waals surface area contributed by atoms with Crippen molar-refractivity contribution in [3.8, 4) is 0 Å². The number of nitrogen functional groups attached to an aromatic ring is 3. The second-order valence-corrected chi connectivity index (χ2v) is 7.72. The molecule has 0 unspecified atom stereocenters. The zero-order chi connectivity index (χ0) is 30.6. The van der Waals surface area contributed by atoms with Gasteiger partial charge in [-0.05, 0) is 13.8 Å². The van der Waals surface area contributed by atoms with Crippen molar-refractivity contribution in [2.75, 3.05) is 17.2 Å². The standard InChI is InChI=1S/C10H8N6O2.C6H6N4O4.C4H5N3O2/c1-3-5-7(15-9(17)11-3)14-6-4(2)12-10(18)16-8(6)13-5;7-3-1(5(11)12)9-4(8)2(10-3)6(13)14;5-2-1-6-4(9)7-3(2)8/h1-2H3,(H,11,14,15,17)(H,12,13,16,18);(H2,8,9)(H2,7,10)(H,11,12)(H,13,14);1H,5H2,(H2,6,7,8,9). The number of carboxylic acid groups (broad SMARTS) is 2. The second-order valence-electron chi connectivity index (χ2n) is 7.72. The topological polar surface area (TPSA) is 361 Å². The molecule has 212 valence electrons. The highest BCUT2D eigenvalue weighted by atomic mass is 16.4. The van der Waals surface area contributed by atoms with Crippen LogP contribution in [0.3, 0.4) is 0 Å². The lowest BCUT2D eigenvalue weighted by Crippen LogP contribution is -2.23. The van der Waals surface area contributed by atoms with Crippen LogP contribution in [0.4, 0.5) is 17.3 Å². The molecule has 0 radical (unpaired) electrons. The number of fused-ring (bicyclic) bond motifs is 2. The Balaban J connectivity index is 0.000000179. The Morgan fingerprint density at radius 1 is 0.732 bits per heavy atom. The van der Waals surface area contributed by atoms with Crippen molar-refractivity contribution >= 4 is 51.6 Å². The molecule has 12 N–H and O–H groups in total. The Morgan fingerprint density at radius 3 is 1.80 bits per heavy atom. The molecular formula is C20H19N13O8. The predicted molar refractivity (Wildman–Crippen MR) is 140 cm³/mol. The number of aromatic amines is 4. The first-order valence-corrected chi connectivity index (χ1v) is 10.8. The number of aromatic carboxylic acids is 2. The van der Waals surface area contributed by atoms with Crippen LogP contribution in [-0.2, 0) is 0 Å². The number of anilines is 3. The summed E-state index contributed by atoms with van der Waals surface area (Å²) >= 11 is 0. The molecule has 0 atom stereocenters. The number of carboxylic acids is 2. The summed E-state index contributed by atoms with van der Waals surface area (Å²) < 4.78 is 0. The van der Waals surface area contributed by atoms with Crippen molar-refractivity contribution in [1.29, 1.82) is 0 Å². The second kappa shape index (κ2) is 11.5. The SMILES string of the molecule is Cc1[nH]c(=O)nc2nc3c(C)nc(=O)[nH]c3nc12.Nc1c[nH]c(=O)[nH]c1=O.Nc1nc(C(=O)O)c(N)nc1C(=O)O. The van der Waals surface area contributed by atoms with Gasteiger partial charge in [0.25, 0.3) is 5.56 Å². The summed E-state index contributed by atoms with van der Waals surface area (Å²) in [7, 11) is 0.